The van der Waals surface area contributed by atoms with Crippen molar-refractivity contribution in [3.63, 3.8) is 0 Å². The minimum Gasteiger partial charge on any atom is -0.493 e. The first-order valence-corrected chi connectivity index (χ1v) is 11.9. The highest BCUT2D eigenvalue weighted by molar-refractivity contribution is 7.87. The molecule has 170 valence electrons. The third-order valence-electron chi connectivity index (χ3n) is 4.67. The lowest BCUT2D eigenvalue weighted by atomic mass is 10.1. The summed E-state index contributed by atoms with van der Waals surface area (Å²) in [4.78, 5) is 14.0. The predicted octanol–water partition coefficient (Wildman–Crippen LogP) is 5.10. The number of carbonyl (C=O) groups excluding carboxylic acids is 1. The van der Waals surface area contributed by atoms with E-state index in [2.05, 4.69) is 5.32 Å². The van der Waals surface area contributed by atoms with Crippen LogP contribution in [0.1, 0.15) is 32.8 Å². The van der Waals surface area contributed by atoms with Crippen LogP contribution in [0.2, 0.25) is 10.0 Å². The van der Waals surface area contributed by atoms with Crippen LogP contribution in [0.4, 0.5) is 4.79 Å². The molecule has 0 saturated heterocycles. The Hall–Kier alpha value is -2.16. The van der Waals surface area contributed by atoms with Gasteiger partial charge in [0.05, 0.1) is 17.2 Å². The molecule has 0 spiro atoms. The number of hydrogen-bond acceptors (Lipinski definition) is 5. The molecule has 1 unspecified atom stereocenters. The molecule has 0 heterocycles. The molecule has 0 aliphatic carbocycles. The number of benzene rings is 2. The molecule has 0 fully saturated rings. The zero-order valence-corrected chi connectivity index (χ0v) is 20.1. The van der Waals surface area contributed by atoms with Crippen molar-refractivity contribution in [1.82, 2.24) is 10.2 Å². The average molecular weight is 489 g/mol. The molecule has 1 atom stereocenters. The Balaban J connectivity index is 2.36. The molecule has 0 aliphatic heterocycles. The van der Waals surface area contributed by atoms with Crippen LogP contribution in [0, 0.1) is 0 Å². The van der Waals surface area contributed by atoms with Crippen molar-refractivity contribution in [2.24, 2.45) is 0 Å². The predicted molar refractivity (Wildman–Crippen MR) is 122 cm³/mol. The summed E-state index contributed by atoms with van der Waals surface area (Å²) in [5, 5.41) is 3.13. The summed E-state index contributed by atoms with van der Waals surface area (Å²) in [6, 6.07) is 8.59. The van der Waals surface area contributed by atoms with Crippen LogP contribution in [0.25, 0.3) is 0 Å². The Morgan fingerprint density at radius 3 is 2.39 bits per heavy atom. The number of ether oxygens (including phenoxy) is 1. The van der Waals surface area contributed by atoms with Crippen molar-refractivity contribution in [2.45, 2.75) is 44.7 Å². The smallest absolute Gasteiger partial charge is 0.339 e. The Morgan fingerprint density at radius 1 is 1.10 bits per heavy atom. The van der Waals surface area contributed by atoms with E-state index in [9.17, 15) is 13.2 Å². The fourth-order valence-corrected chi connectivity index (χ4v) is 4.10. The van der Waals surface area contributed by atoms with E-state index in [1.807, 2.05) is 20.8 Å². The summed E-state index contributed by atoms with van der Waals surface area (Å²) in [5.74, 6) is 0.242. The highest BCUT2D eigenvalue weighted by Gasteiger charge is 2.23. The first kappa shape index (κ1) is 25.1. The van der Waals surface area contributed by atoms with Crippen LogP contribution in [-0.4, -0.2) is 39.0 Å². The fraction of sp³-hybridized carbons (Fsp3) is 0.381. The second kappa shape index (κ2) is 10.9. The van der Waals surface area contributed by atoms with E-state index in [0.29, 0.717) is 12.1 Å². The van der Waals surface area contributed by atoms with Crippen LogP contribution >= 0.6 is 23.2 Å². The van der Waals surface area contributed by atoms with E-state index in [1.165, 1.54) is 25.3 Å². The first-order valence-electron chi connectivity index (χ1n) is 9.73. The van der Waals surface area contributed by atoms with E-state index in [4.69, 9.17) is 32.1 Å². The number of methoxy groups -OCH3 is 1. The van der Waals surface area contributed by atoms with Gasteiger partial charge in [-0.05, 0) is 56.2 Å². The van der Waals surface area contributed by atoms with Gasteiger partial charge in [-0.1, -0.05) is 36.2 Å². The average Bonchev–Trinajstić information content (AvgIpc) is 2.73. The molecule has 0 aliphatic rings. The summed E-state index contributed by atoms with van der Waals surface area (Å²) in [5.41, 5.74) is 0.687. The largest absolute Gasteiger partial charge is 0.493 e. The van der Waals surface area contributed by atoms with Gasteiger partial charge in [0.15, 0.2) is 11.5 Å². The third-order valence-corrected chi connectivity index (χ3v) is 6.64. The molecule has 7 nitrogen and oxygen atoms in total. The van der Waals surface area contributed by atoms with Crippen LogP contribution < -0.4 is 14.2 Å². The van der Waals surface area contributed by atoms with Crippen LogP contribution in [-0.2, 0) is 16.7 Å². The second-order valence-corrected chi connectivity index (χ2v) is 9.18. The van der Waals surface area contributed by atoms with Gasteiger partial charge in [-0.15, -0.1) is 0 Å². The van der Waals surface area contributed by atoms with E-state index in [0.717, 1.165) is 6.42 Å². The van der Waals surface area contributed by atoms with Gasteiger partial charge < -0.3 is 19.1 Å². The lowest BCUT2D eigenvalue weighted by Gasteiger charge is -2.29. The van der Waals surface area contributed by atoms with Crippen LogP contribution in [0.3, 0.4) is 0 Å². The van der Waals surface area contributed by atoms with Crippen LogP contribution in [0.5, 0.6) is 11.5 Å². The van der Waals surface area contributed by atoms with Crippen molar-refractivity contribution in [3.05, 3.63) is 52.0 Å². The van der Waals surface area contributed by atoms with Crippen molar-refractivity contribution in [2.75, 3.05) is 13.7 Å². The molecule has 0 bridgehead atoms. The Labute approximate surface area is 193 Å². The number of carbonyl (C=O) groups is 1. The Kier molecular flexibility index (Phi) is 8.85. The number of nitrogens with one attached hydrogen (secondary N) is 1. The van der Waals surface area contributed by atoms with E-state index in [1.54, 1.807) is 23.1 Å². The van der Waals surface area contributed by atoms with Gasteiger partial charge >= 0.3 is 16.1 Å². The molecule has 2 amide bonds. The van der Waals surface area contributed by atoms with Gasteiger partial charge in [-0.2, -0.15) is 8.42 Å². The van der Waals surface area contributed by atoms with Gasteiger partial charge in [0, 0.05) is 19.1 Å². The van der Waals surface area contributed by atoms with E-state index >= 15 is 0 Å². The molecule has 31 heavy (non-hydrogen) atoms. The number of nitrogens with zero attached hydrogens (tertiary/aromatic N) is 1. The maximum Gasteiger partial charge on any atom is 0.339 e. The molecule has 0 aromatic heterocycles. The maximum absolute atomic E-state index is 12.8. The molecule has 10 heteroatoms. The van der Waals surface area contributed by atoms with Crippen LogP contribution in [0.15, 0.2) is 41.3 Å². The Morgan fingerprint density at radius 2 is 1.81 bits per heavy atom. The summed E-state index contributed by atoms with van der Waals surface area (Å²) in [6.45, 7) is 6.56. The lowest BCUT2D eigenvalue weighted by Crippen LogP contribution is -2.44. The number of halogens is 2. The molecular formula is C21H26Cl2N2O5S. The minimum absolute atomic E-state index is 0.00562. The quantitative estimate of drug-likeness (QED) is 0.496. The summed E-state index contributed by atoms with van der Waals surface area (Å²) >= 11 is 11.8. The molecule has 2 rings (SSSR count). The first-order chi connectivity index (χ1) is 14.6. The van der Waals surface area contributed by atoms with Gasteiger partial charge in [0.1, 0.15) is 4.90 Å². The maximum atomic E-state index is 12.8. The highest BCUT2D eigenvalue weighted by Crippen LogP contribution is 2.33. The highest BCUT2D eigenvalue weighted by atomic mass is 35.5. The molecule has 1 N–H and O–H groups in total. The van der Waals surface area contributed by atoms with Crippen molar-refractivity contribution >= 4 is 39.4 Å². The van der Waals surface area contributed by atoms with Crippen molar-refractivity contribution < 1.29 is 22.1 Å². The summed E-state index contributed by atoms with van der Waals surface area (Å²) < 4.78 is 36.1. The lowest BCUT2D eigenvalue weighted by molar-refractivity contribution is 0.174. The standard InChI is InChI=1S/C21H26Cl2N2O5S/c1-5-14(3)25(21(26)24-6-2)13-15-7-10-19(29-4)20(11-15)30-31(27,28)16-8-9-17(22)18(23)12-16/h7-12,14H,5-6,13H2,1-4H3,(H,24,26). The summed E-state index contributed by atoms with van der Waals surface area (Å²) in [6.07, 6.45) is 0.766. The van der Waals surface area contributed by atoms with E-state index < -0.39 is 10.1 Å². The zero-order valence-electron chi connectivity index (χ0n) is 17.8. The number of rotatable bonds is 9. The third kappa shape index (κ3) is 6.41. The Bertz CT molecular complexity index is 1030. The van der Waals surface area contributed by atoms with Crippen molar-refractivity contribution in [3.8, 4) is 11.5 Å². The fourth-order valence-electron chi connectivity index (χ4n) is 2.78. The van der Waals surface area contributed by atoms with E-state index in [-0.39, 0.29) is 45.1 Å². The topological polar surface area (TPSA) is 84.9 Å². The second-order valence-electron chi connectivity index (χ2n) is 6.82. The van der Waals surface area contributed by atoms with Gasteiger partial charge in [0.2, 0.25) is 0 Å². The molecule has 0 radical (unpaired) electrons. The monoisotopic (exact) mass is 488 g/mol. The zero-order chi connectivity index (χ0) is 23.2. The normalized spacial score (nSPS) is 12.2. The van der Waals surface area contributed by atoms with Gasteiger partial charge in [0.25, 0.3) is 0 Å². The minimum atomic E-state index is -4.19. The molecule has 0 saturated carbocycles. The van der Waals surface area contributed by atoms with Gasteiger partial charge in [-0.25, -0.2) is 4.79 Å². The number of amides is 2. The number of hydrogen-bond donors (Lipinski definition) is 1. The van der Waals surface area contributed by atoms with Crippen molar-refractivity contribution in [1.29, 1.82) is 0 Å². The SMILES string of the molecule is CCNC(=O)N(Cc1ccc(OC)c(OS(=O)(=O)c2ccc(Cl)c(Cl)c2)c1)C(C)CC. The molecule has 2 aromatic rings. The number of urea groups is 1. The summed E-state index contributed by atoms with van der Waals surface area (Å²) in [7, 11) is -2.78. The molecular weight excluding hydrogens is 463 g/mol. The molecule has 2 aromatic carbocycles. The van der Waals surface area contributed by atoms with Gasteiger partial charge in [-0.3, -0.25) is 0 Å².